The third-order valence-electron chi connectivity index (χ3n) is 3.72. The number of amides is 1. The number of allylic oxidation sites excluding steroid dienone is 2. The van der Waals surface area contributed by atoms with E-state index in [1.165, 1.54) is 25.7 Å². The van der Waals surface area contributed by atoms with Crippen LogP contribution in [0.5, 0.6) is 0 Å². The van der Waals surface area contributed by atoms with Gasteiger partial charge in [0.25, 0.3) is 0 Å². The second kappa shape index (κ2) is 18.9. The summed E-state index contributed by atoms with van der Waals surface area (Å²) < 4.78 is 0. The fourth-order valence-corrected chi connectivity index (χ4v) is 2.26. The first-order valence-corrected chi connectivity index (χ1v) is 9.37. The molecule has 0 saturated heterocycles. The summed E-state index contributed by atoms with van der Waals surface area (Å²) in [6, 6.07) is 0. The highest BCUT2D eigenvalue weighted by Gasteiger charge is 1.98. The van der Waals surface area contributed by atoms with Crippen molar-refractivity contribution in [2.45, 2.75) is 77.6 Å². The van der Waals surface area contributed by atoms with Crippen molar-refractivity contribution in [2.75, 3.05) is 19.6 Å². The van der Waals surface area contributed by atoms with Gasteiger partial charge in [0.2, 0.25) is 5.91 Å². The van der Waals surface area contributed by atoms with Gasteiger partial charge in [0.05, 0.1) is 6.54 Å². The predicted molar refractivity (Wildman–Crippen MR) is 97.5 cm³/mol. The van der Waals surface area contributed by atoms with E-state index in [-0.39, 0.29) is 5.91 Å². The molecule has 0 aliphatic rings. The number of nitrogens with one attached hydrogen (secondary N) is 2. The summed E-state index contributed by atoms with van der Waals surface area (Å²) in [4.78, 5) is 21.6. The zero-order chi connectivity index (χ0) is 17.0. The first kappa shape index (κ1) is 21.8. The molecule has 0 fully saturated rings. The Morgan fingerprint density at radius 1 is 0.826 bits per heavy atom. The SMILES string of the molecule is CCCCNC(=O)CNCCCC/C=C\CCCCCCC=O. The molecule has 0 aliphatic carbocycles. The van der Waals surface area contributed by atoms with Gasteiger partial charge >= 0.3 is 0 Å². The maximum absolute atomic E-state index is 11.4. The van der Waals surface area contributed by atoms with Crippen molar-refractivity contribution >= 4 is 12.2 Å². The van der Waals surface area contributed by atoms with E-state index in [0.717, 1.165) is 57.9 Å². The molecule has 0 radical (unpaired) electrons. The lowest BCUT2D eigenvalue weighted by atomic mass is 10.1. The Morgan fingerprint density at radius 2 is 1.48 bits per heavy atom. The van der Waals surface area contributed by atoms with Crippen LogP contribution in [0.1, 0.15) is 77.6 Å². The van der Waals surface area contributed by atoms with E-state index in [4.69, 9.17) is 0 Å². The van der Waals surface area contributed by atoms with Crippen molar-refractivity contribution in [3.63, 3.8) is 0 Å². The summed E-state index contributed by atoms with van der Waals surface area (Å²) in [6.45, 7) is 4.25. The third kappa shape index (κ3) is 18.8. The van der Waals surface area contributed by atoms with Gasteiger partial charge in [0, 0.05) is 13.0 Å². The Kier molecular flexibility index (Phi) is 17.9. The summed E-state index contributed by atoms with van der Waals surface area (Å²) in [6.07, 6.45) is 17.6. The molecule has 0 unspecified atom stereocenters. The lowest BCUT2D eigenvalue weighted by molar-refractivity contribution is -0.120. The highest BCUT2D eigenvalue weighted by atomic mass is 16.1. The highest BCUT2D eigenvalue weighted by Crippen LogP contribution is 2.05. The molecule has 0 aliphatic heterocycles. The average Bonchev–Trinajstić information content (AvgIpc) is 2.55. The zero-order valence-corrected chi connectivity index (χ0v) is 14.9. The Morgan fingerprint density at radius 3 is 2.13 bits per heavy atom. The number of hydrogen-bond donors (Lipinski definition) is 2. The minimum absolute atomic E-state index is 0.103. The minimum atomic E-state index is 0.103. The molecule has 0 atom stereocenters. The Balaban J connectivity index is 3.18. The van der Waals surface area contributed by atoms with E-state index in [0.29, 0.717) is 13.0 Å². The summed E-state index contributed by atoms with van der Waals surface area (Å²) in [7, 11) is 0. The molecule has 0 saturated carbocycles. The summed E-state index contributed by atoms with van der Waals surface area (Å²) >= 11 is 0. The number of hydrogen-bond acceptors (Lipinski definition) is 3. The molecule has 0 aromatic heterocycles. The summed E-state index contributed by atoms with van der Waals surface area (Å²) in [5, 5.41) is 6.09. The molecule has 0 heterocycles. The van der Waals surface area contributed by atoms with E-state index in [2.05, 4.69) is 29.7 Å². The lowest BCUT2D eigenvalue weighted by Crippen LogP contribution is -2.34. The Hall–Kier alpha value is -1.16. The summed E-state index contributed by atoms with van der Waals surface area (Å²) in [5.74, 6) is 0.103. The van der Waals surface area contributed by atoms with Gasteiger partial charge in [-0.15, -0.1) is 0 Å². The van der Waals surface area contributed by atoms with Crippen LogP contribution in [0.3, 0.4) is 0 Å². The lowest BCUT2D eigenvalue weighted by Gasteiger charge is -2.05. The van der Waals surface area contributed by atoms with Crippen LogP contribution in [-0.4, -0.2) is 31.8 Å². The van der Waals surface area contributed by atoms with E-state index < -0.39 is 0 Å². The van der Waals surface area contributed by atoms with Crippen LogP contribution in [0.15, 0.2) is 12.2 Å². The maximum Gasteiger partial charge on any atom is 0.233 e. The first-order chi connectivity index (χ1) is 11.3. The van der Waals surface area contributed by atoms with Crippen LogP contribution in [0.4, 0.5) is 0 Å². The third-order valence-corrected chi connectivity index (χ3v) is 3.72. The molecule has 4 nitrogen and oxygen atoms in total. The standard InChI is InChI=1S/C19H36N2O2/c1-2-3-16-21-19(23)18-20-15-13-11-9-7-5-4-6-8-10-12-14-17-22/h5,7,17,20H,2-4,6,8-16,18H2,1H3,(H,21,23)/b7-5-. The topological polar surface area (TPSA) is 58.2 Å². The van der Waals surface area contributed by atoms with Gasteiger partial charge in [-0.1, -0.05) is 38.3 Å². The quantitative estimate of drug-likeness (QED) is 0.243. The van der Waals surface area contributed by atoms with Gasteiger partial charge in [-0.2, -0.15) is 0 Å². The maximum atomic E-state index is 11.4. The van der Waals surface area contributed by atoms with E-state index >= 15 is 0 Å². The predicted octanol–water partition coefficient (Wildman–Crippen LogP) is 3.76. The minimum Gasteiger partial charge on any atom is -0.355 e. The molecule has 0 aromatic carbocycles. The number of rotatable bonds is 17. The number of carbonyl (C=O) groups excluding carboxylic acids is 2. The van der Waals surface area contributed by atoms with Gasteiger partial charge in [-0.25, -0.2) is 0 Å². The van der Waals surface area contributed by atoms with Gasteiger partial charge in [-0.05, 0) is 51.5 Å². The van der Waals surface area contributed by atoms with Crippen LogP contribution >= 0.6 is 0 Å². The molecular weight excluding hydrogens is 288 g/mol. The van der Waals surface area contributed by atoms with Crippen molar-refractivity contribution < 1.29 is 9.59 Å². The van der Waals surface area contributed by atoms with E-state index in [9.17, 15) is 9.59 Å². The normalized spacial score (nSPS) is 11.0. The number of unbranched alkanes of at least 4 members (excludes halogenated alkanes) is 8. The number of aldehydes is 1. The number of carbonyl (C=O) groups is 2. The van der Waals surface area contributed by atoms with Crippen molar-refractivity contribution in [1.82, 2.24) is 10.6 Å². The van der Waals surface area contributed by atoms with Crippen LogP contribution in [0, 0.1) is 0 Å². The molecule has 134 valence electrons. The highest BCUT2D eigenvalue weighted by molar-refractivity contribution is 5.77. The fraction of sp³-hybridized carbons (Fsp3) is 0.789. The second-order valence-corrected chi connectivity index (χ2v) is 6.01. The van der Waals surface area contributed by atoms with Crippen LogP contribution < -0.4 is 10.6 Å². The van der Waals surface area contributed by atoms with Crippen molar-refractivity contribution in [1.29, 1.82) is 0 Å². The van der Waals surface area contributed by atoms with E-state index in [1.807, 2.05) is 0 Å². The first-order valence-electron chi connectivity index (χ1n) is 9.37. The van der Waals surface area contributed by atoms with Gasteiger partial charge < -0.3 is 15.4 Å². The summed E-state index contributed by atoms with van der Waals surface area (Å²) in [5.41, 5.74) is 0. The van der Waals surface area contributed by atoms with Gasteiger partial charge in [0.15, 0.2) is 0 Å². The zero-order valence-electron chi connectivity index (χ0n) is 14.9. The molecular formula is C19H36N2O2. The Labute approximate surface area is 142 Å². The Bertz CT molecular complexity index is 304. The van der Waals surface area contributed by atoms with E-state index in [1.54, 1.807) is 0 Å². The molecule has 4 heteroatoms. The largest absolute Gasteiger partial charge is 0.355 e. The second-order valence-electron chi connectivity index (χ2n) is 6.01. The van der Waals surface area contributed by atoms with Crippen LogP contribution in [-0.2, 0) is 9.59 Å². The van der Waals surface area contributed by atoms with Gasteiger partial charge in [0.1, 0.15) is 6.29 Å². The van der Waals surface area contributed by atoms with Crippen LogP contribution in [0.2, 0.25) is 0 Å². The molecule has 2 N–H and O–H groups in total. The monoisotopic (exact) mass is 324 g/mol. The molecule has 1 amide bonds. The van der Waals surface area contributed by atoms with Gasteiger partial charge in [-0.3, -0.25) is 4.79 Å². The fourth-order valence-electron chi connectivity index (χ4n) is 2.26. The van der Waals surface area contributed by atoms with Crippen molar-refractivity contribution in [2.24, 2.45) is 0 Å². The average molecular weight is 325 g/mol. The molecule has 23 heavy (non-hydrogen) atoms. The van der Waals surface area contributed by atoms with Crippen LogP contribution in [0.25, 0.3) is 0 Å². The smallest absolute Gasteiger partial charge is 0.233 e. The van der Waals surface area contributed by atoms with Crippen molar-refractivity contribution in [3.05, 3.63) is 12.2 Å². The molecule has 0 aromatic rings. The molecule has 0 rings (SSSR count). The molecule has 0 bridgehead atoms. The molecule has 0 spiro atoms. The van der Waals surface area contributed by atoms with Crippen molar-refractivity contribution in [3.8, 4) is 0 Å².